The normalized spacial score (nSPS) is 13.7. The summed E-state index contributed by atoms with van der Waals surface area (Å²) in [6.07, 6.45) is 4.44. The van der Waals surface area contributed by atoms with E-state index in [1.165, 1.54) is 22.1 Å². The molecule has 0 aliphatic heterocycles. The molecule has 0 radical (unpaired) electrons. The van der Waals surface area contributed by atoms with Crippen LogP contribution < -0.4 is 0 Å². The number of aliphatic imine (C=N–C) groups is 1. The highest BCUT2D eigenvalue weighted by Crippen LogP contribution is 2.05. The van der Waals surface area contributed by atoms with Crippen LogP contribution in [-0.2, 0) is 0 Å². The predicted molar refractivity (Wildman–Crippen MR) is 60.0 cm³/mol. The molecular formula is C9H20N2Si. The van der Waals surface area contributed by atoms with Gasteiger partial charge in [-0.1, -0.05) is 6.92 Å². The smallest absolute Gasteiger partial charge is 0.0331 e. The third kappa shape index (κ3) is 3.71. The van der Waals surface area contributed by atoms with Crippen molar-refractivity contribution < 1.29 is 0 Å². The minimum Gasteiger partial charge on any atom is -0.382 e. The topological polar surface area (TPSA) is 15.6 Å². The van der Waals surface area contributed by atoms with Gasteiger partial charge in [-0.3, -0.25) is 4.99 Å². The van der Waals surface area contributed by atoms with Crippen LogP contribution in [0, 0.1) is 0 Å². The van der Waals surface area contributed by atoms with E-state index < -0.39 is 0 Å². The fraction of sp³-hybridized carbons (Fsp3) is 0.667. The summed E-state index contributed by atoms with van der Waals surface area (Å²) in [7, 11) is 5.20. The molecule has 70 valence electrons. The first-order chi connectivity index (χ1) is 5.65. The number of allylic oxidation sites excluding steroid dienone is 2. The van der Waals surface area contributed by atoms with E-state index in [0.29, 0.717) is 0 Å². The Hall–Kier alpha value is -0.573. The maximum Gasteiger partial charge on any atom is 0.0331 e. The molecule has 0 unspecified atom stereocenters. The molecular weight excluding hydrogens is 164 g/mol. The summed E-state index contributed by atoms with van der Waals surface area (Å²) in [6.45, 7) is 4.22. The van der Waals surface area contributed by atoms with Gasteiger partial charge < -0.3 is 4.90 Å². The van der Waals surface area contributed by atoms with Crippen molar-refractivity contribution in [2.45, 2.75) is 20.3 Å². The lowest BCUT2D eigenvalue weighted by molar-refractivity contribution is 0.472. The minimum absolute atomic E-state index is 1.09. The molecule has 3 heteroatoms. The van der Waals surface area contributed by atoms with E-state index in [2.05, 4.69) is 29.9 Å². The lowest BCUT2D eigenvalue weighted by Gasteiger charge is -2.19. The molecule has 0 saturated carbocycles. The van der Waals surface area contributed by atoms with Gasteiger partial charge in [-0.15, -0.1) is 0 Å². The van der Waals surface area contributed by atoms with Gasteiger partial charge in [0.2, 0.25) is 0 Å². The number of rotatable bonds is 4. The Bertz CT molecular complexity index is 185. The van der Waals surface area contributed by atoms with Crippen molar-refractivity contribution in [2.24, 2.45) is 4.99 Å². The zero-order valence-electron chi connectivity index (χ0n) is 8.89. The van der Waals surface area contributed by atoms with Crippen LogP contribution in [0.1, 0.15) is 20.3 Å². The van der Waals surface area contributed by atoms with Gasteiger partial charge in [0.1, 0.15) is 0 Å². The standard InChI is InChI=1S/C9H20N2Si/c1-5-9(11(4)7-12)6-8(2)10-3/h6H,5,7H2,1-4,12H3/b9-6-,10-8?. The molecule has 0 saturated heterocycles. The quantitative estimate of drug-likeness (QED) is 0.462. The Morgan fingerprint density at radius 3 is 2.50 bits per heavy atom. The maximum absolute atomic E-state index is 4.12. The zero-order chi connectivity index (χ0) is 9.56. The third-order valence-corrected chi connectivity index (χ3v) is 3.00. The van der Waals surface area contributed by atoms with Gasteiger partial charge in [-0.25, -0.2) is 0 Å². The molecule has 0 bridgehead atoms. The monoisotopic (exact) mass is 184 g/mol. The van der Waals surface area contributed by atoms with Gasteiger partial charge >= 0.3 is 0 Å². The van der Waals surface area contributed by atoms with Crippen LogP contribution in [0.5, 0.6) is 0 Å². The van der Waals surface area contributed by atoms with E-state index in [-0.39, 0.29) is 0 Å². The predicted octanol–water partition coefficient (Wildman–Crippen LogP) is 0.626. The molecule has 0 rings (SSSR count). The highest BCUT2D eigenvalue weighted by molar-refractivity contribution is 6.08. The number of nitrogens with zero attached hydrogens (tertiary/aromatic N) is 2. The van der Waals surface area contributed by atoms with Crippen LogP contribution in [0.4, 0.5) is 0 Å². The SMILES string of the molecule is CC/C(=C/C(C)=NC)N(C)C[SiH3]. The summed E-state index contributed by atoms with van der Waals surface area (Å²) < 4.78 is 0. The van der Waals surface area contributed by atoms with E-state index in [9.17, 15) is 0 Å². The second-order valence-electron chi connectivity index (χ2n) is 2.87. The van der Waals surface area contributed by atoms with Crippen LogP contribution in [0.2, 0.25) is 0 Å². The Kier molecular flexibility index (Phi) is 5.71. The van der Waals surface area contributed by atoms with Crippen molar-refractivity contribution >= 4 is 16.0 Å². The van der Waals surface area contributed by atoms with Crippen LogP contribution in [0.25, 0.3) is 0 Å². The molecule has 0 aromatic rings. The molecule has 0 aliphatic rings. The molecule has 0 N–H and O–H groups in total. The van der Waals surface area contributed by atoms with Gasteiger partial charge in [0.25, 0.3) is 0 Å². The van der Waals surface area contributed by atoms with Gasteiger partial charge in [0, 0.05) is 41.9 Å². The van der Waals surface area contributed by atoms with Gasteiger partial charge in [0.05, 0.1) is 0 Å². The minimum atomic E-state index is 1.09. The second kappa shape index (κ2) is 6.00. The van der Waals surface area contributed by atoms with E-state index in [0.717, 1.165) is 12.1 Å². The summed E-state index contributed by atoms with van der Waals surface area (Å²) >= 11 is 0. The fourth-order valence-corrected chi connectivity index (χ4v) is 1.40. The summed E-state index contributed by atoms with van der Waals surface area (Å²) in [6, 6.07) is 0. The molecule has 0 aromatic heterocycles. The molecule has 2 nitrogen and oxygen atoms in total. The summed E-state index contributed by atoms with van der Waals surface area (Å²) in [5.74, 6) is 0. The average molecular weight is 184 g/mol. The van der Waals surface area contributed by atoms with Crippen molar-refractivity contribution in [3.63, 3.8) is 0 Å². The van der Waals surface area contributed by atoms with Crippen LogP contribution >= 0.6 is 0 Å². The highest BCUT2D eigenvalue weighted by Gasteiger charge is 1.98. The van der Waals surface area contributed by atoms with E-state index >= 15 is 0 Å². The molecule has 0 amide bonds. The average Bonchev–Trinajstić information content (AvgIpc) is 2.12. The maximum atomic E-state index is 4.12. The lowest BCUT2D eigenvalue weighted by Crippen LogP contribution is -2.19. The van der Waals surface area contributed by atoms with Crippen molar-refractivity contribution in [3.05, 3.63) is 11.8 Å². The van der Waals surface area contributed by atoms with Crippen LogP contribution in [0.15, 0.2) is 16.8 Å². The lowest BCUT2D eigenvalue weighted by atomic mass is 10.2. The van der Waals surface area contributed by atoms with E-state index in [1.807, 2.05) is 14.0 Å². The first-order valence-corrected chi connectivity index (χ1v) is 5.92. The van der Waals surface area contributed by atoms with Crippen LogP contribution in [0.3, 0.4) is 0 Å². The van der Waals surface area contributed by atoms with Crippen molar-refractivity contribution in [3.8, 4) is 0 Å². The molecule has 0 fully saturated rings. The van der Waals surface area contributed by atoms with Crippen LogP contribution in [-0.4, -0.2) is 41.1 Å². The van der Waals surface area contributed by atoms with Gasteiger partial charge in [-0.05, 0) is 19.4 Å². The summed E-state index contributed by atoms with van der Waals surface area (Å²) in [5.41, 5.74) is 2.49. The Morgan fingerprint density at radius 2 is 2.17 bits per heavy atom. The molecule has 0 aliphatic carbocycles. The Balaban J connectivity index is 4.42. The molecule has 0 atom stereocenters. The van der Waals surface area contributed by atoms with E-state index in [1.54, 1.807) is 0 Å². The molecule has 12 heavy (non-hydrogen) atoms. The first kappa shape index (κ1) is 11.4. The van der Waals surface area contributed by atoms with Gasteiger partial charge in [0.15, 0.2) is 0 Å². The Morgan fingerprint density at radius 1 is 1.58 bits per heavy atom. The highest BCUT2D eigenvalue weighted by atomic mass is 28.1. The van der Waals surface area contributed by atoms with Gasteiger partial charge in [-0.2, -0.15) is 0 Å². The molecule has 0 spiro atoms. The zero-order valence-corrected chi connectivity index (χ0v) is 10.9. The van der Waals surface area contributed by atoms with Crippen molar-refractivity contribution in [2.75, 3.05) is 20.3 Å². The summed E-state index contributed by atoms with van der Waals surface area (Å²) in [4.78, 5) is 6.42. The van der Waals surface area contributed by atoms with E-state index in [4.69, 9.17) is 0 Å². The second-order valence-corrected chi connectivity index (χ2v) is 3.50. The molecule has 0 heterocycles. The fourth-order valence-electron chi connectivity index (χ4n) is 0.991. The van der Waals surface area contributed by atoms with Crippen molar-refractivity contribution in [1.82, 2.24) is 4.90 Å². The third-order valence-electron chi connectivity index (χ3n) is 2.06. The molecule has 0 aromatic carbocycles. The number of hydrogen-bond donors (Lipinski definition) is 0. The van der Waals surface area contributed by atoms with Crippen molar-refractivity contribution in [1.29, 1.82) is 0 Å². The number of hydrogen-bond acceptors (Lipinski definition) is 2. The largest absolute Gasteiger partial charge is 0.382 e. The summed E-state index contributed by atoms with van der Waals surface area (Å²) in [5, 5.41) is 0. The first-order valence-electron chi connectivity index (χ1n) is 4.50. The Labute approximate surface area is 78.8 Å².